The molecule has 3 rings (SSSR count). The average molecular weight is 385 g/mol. The van der Waals surface area contributed by atoms with Gasteiger partial charge in [-0.1, -0.05) is 6.07 Å². The molecule has 1 aliphatic rings. The molecule has 2 aromatic carbocycles. The van der Waals surface area contributed by atoms with Crippen molar-refractivity contribution in [2.24, 2.45) is 0 Å². The second kappa shape index (κ2) is 8.21. The number of rotatable bonds is 6. The summed E-state index contributed by atoms with van der Waals surface area (Å²) >= 11 is 0. The molecule has 28 heavy (non-hydrogen) atoms. The zero-order valence-electron chi connectivity index (χ0n) is 14.7. The Kier molecular flexibility index (Phi) is 5.54. The number of carbonyl (C=O) groups is 3. The summed E-state index contributed by atoms with van der Waals surface area (Å²) in [7, 11) is 1.43. The topological polar surface area (TPSA) is 106 Å². The lowest BCUT2D eigenvalue weighted by molar-refractivity contribution is -0.118. The first-order valence-corrected chi connectivity index (χ1v) is 8.15. The van der Waals surface area contributed by atoms with Crippen molar-refractivity contribution in [1.29, 1.82) is 0 Å². The van der Waals surface area contributed by atoms with Crippen LogP contribution in [-0.2, 0) is 9.59 Å². The zero-order chi connectivity index (χ0) is 20.1. The maximum atomic E-state index is 12.9. The number of nitrogens with one attached hydrogen (secondary N) is 3. The summed E-state index contributed by atoms with van der Waals surface area (Å²) in [5.74, 6) is -0.692. The number of anilines is 1. The van der Waals surface area contributed by atoms with Crippen LogP contribution in [-0.4, -0.2) is 31.6 Å². The number of urea groups is 1. The van der Waals surface area contributed by atoms with Crippen molar-refractivity contribution in [2.75, 3.05) is 19.0 Å². The molecule has 1 heterocycles. The first-order chi connectivity index (χ1) is 13.4. The van der Waals surface area contributed by atoms with Crippen molar-refractivity contribution in [1.82, 2.24) is 10.6 Å². The number of halogens is 1. The van der Waals surface area contributed by atoms with E-state index in [9.17, 15) is 18.8 Å². The zero-order valence-corrected chi connectivity index (χ0v) is 14.7. The Morgan fingerprint density at radius 2 is 1.86 bits per heavy atom. The normalized spacial score (nSPS) is 14.4. The minimum absolute atomic E-state index is 0.111. The molecule has 1 saturated heterocycles. The van der Waals surface area contributed by atoms with E-state index >= 15 is 0 Å². The van der Waals surface area contributed by atoms with Crippen LogP contribution in [0.15, 0.2) is 48.2 Å². The molecule has 1 aliphatic heterocycles. The molecule has 0 saturated carbocycles. The number of hydrogen-bond acceptors (Lipinski definition) is 5. The smallest absolute Gasteiger partial charge is 0.326 e. The molecule has 0 unspecified atom stereocenters. The molecule has 0 spiro atoms. The molecule has 9 heteroatoms. The highest BCUT2D eigenvalue weighted by Gasteiger charge is 2.22. The number of imide groups is 1. The van der Waals surface area contributed by atoms with E-state index in [0.717, 1.165) is 0 Å². The Hall–Kier alpha value is -3.88. The first-order valence-electron chi connectivity index (χ1n) is 8.15. The van der Waals surface area contributed by atoms with Crippen LogP contribution in [0.25, 0.3) is 6.08 Å². The number of ether oxygens (including phenoxy) is 2. The molecule has 0 bridgehead atoms. The lowest BCUT2D eigenvalue weighted by Crippen LogP contribution is -2.22. The quantitative estimate of drug-likeness (QED) is 0.521. The van der Waals surface area contributed by atoms with E-state index in [2.05, 4.69) is 16.0 Å². The monoisotopic (exact) mass is 385 g/mol. The Bertz CT molecular complexity index is 957. The van der Waals surface area contributed by atoms with Gasteiger partial charge in [-0.2, -0.15) is 0 Å². The molecule has 0 aromatic heterocycles. The Balaban J connectivity index is 1.64. The number of methoxy groups -OCH3 is 1. The molecule has 4 amide bonds. The minimum Gasteiger partial charge on any atom is -0.493 e. The molecular formula is C19H16FN3O5. The van der Waals surface area contributed by atoms with Crippen LogP contribution in [0.2, 0.25) is 0 Å². The van der Waals surface area contributed by atoms with Gasteiger partial charge in [-0.25, -0.2) is 9.18 Å². The Morgan fingerprint density at radius 1 is 1.11 bits per heavy atom. The highest BCUT2D eigenvalue weighted by Crippen LogP contribution is 2.29. The van der Waals surface area contributed by atoms with Gasteiger partial charge < -0.3 is 20.1 Å². The molecule has 3 N–H and O–H groups in total. The van der Waals surface area contributed by atoms with E-state index in [1.165, 1.54) is 37.5 Å². The minimum atomic E-state index is -0.588. The third-order valence-corrected chi connectivity index (χ3v) is 3.71. The summed E-state index contributed by atoms with van der Waals surface area (Å²) in [6.45, 7) is -0.285. The largest absolute Gasteiger partial charge is 0.493 e. The van der Waals surface area contributed by atoms with Crippen LogP contribution in [0.4, 0.5) is 14.9 Å². The summed E-state index contributed by atoms with van der Waals surface area (Å²) in [5.41, 5.74) is 1.15. The van der Waals surface area contributed by atoms with Crippen molar-refractivity contribution in [3.8, 4) is 11.5 Å². The lowest BCUT2D eigenvalue weighted by Gasteiger charge is -2.11. The van der Waals surface area contributed by atoms with E-state index in [4.69, 9.17) is 9.47 Å². The third kappa shape index (κ3) is 4.64. The maximum Gasteiger partial charge on any atom is 0.326 e. The van der Waals surface area contributed by atoms with Crippen LogP contribution in [0, 0.1) is 5.82 Å². The second-order valence-corrected chi connectivity index (χ2v) is 5.72. The second-order valence-electron chi connectivity index (χ2n) is 5.72. The molecule has 144 valence electrons. The summed E-state index contributed by atoms with van der Waals surface area (Å²) in [6, 6.07) is 9.57. The van der Waals surface area contributed by atoms with Gasteiger partial charge in [0.05, 0.1) is 7.11 Å². The molecule has 2 aromatic rings. The van der Waals surface area contributed by atoms with E-state index in [1.807, 2.05) is 0 Å². The highest BCUT2D eigenvalue weighted by atomic mass is 19.1. The van der Waals surface area contributed by atoms with E-state index in [0.29, 0.717) is 22.7 Å². The summed E-state index contributed by atoms with van der Waals surface area (Å²) in [4.78, 5) is 34.7. The van der Waals surface area contributed by atoms with Gasteiger partial charge in [0.15, 0.2) is 18.1 Å². The number of amides is 4. The van der Waals surface area contributed by atoms with Gasteiger partial charge in [0.1, 0.15) is 11.5 Å². The Morgan fingerprint density at radius 3 is 2.50 bits per heavy atom. The van der Waals surface area contributed by atoms with Gasteiger partial charge in [0.2, 0.25) is 0 Å². The Labute approximate surface area is 159 Å². The van der Waals surface area contributed by atoms with Crippen molar-refractivity contribution in [3.05, 3.63) is 59.5 Å². The van der Waals surface area contributed by atoms with Gasteiger partial charge in [-0.05, 0) is 48.0 Å². The average Bonchev–Trinajstić information content (AvgIpc) is 2.99. The molecule has 0 aliphatic carbocycles. The third-order valence-electron chi connectivity index (χ3n) is 3.71. The molecule has 1 fully saturated rings. The summed E-state index contributed by atoms with van der Waals surface area (Å²) < 4.78 is 23.6. The van der Waals surface area contributed by atoms with Crippen molar-refractivity contribution >= 4 is 29.6 Å². The van der Waals surface area contributed by atoms with E-state index in [-0.39, 0.29) is 12.3 Å². The molecular weight excluding hydrogens is 369 g/mol. The van der Waals surface area contributed by atoms with E-state index in [1.54, 1.807) is 18.2 Å². The summed E-state index contributed by atoms with van der Waals surface area (Å²) in [6.07, 6.45) is 1.48. The number of carbonyl (C=O) groups excluding carboxylic acids is 3. The molecule has 0 atom stereocenters. The number of hydrogen-bond donors (Lipinski definition) is 3. The van der Waals surface area contributed by atoms with Crippen molar-refractivity contribution in [3.63, 3.8) is 0 Å². The van der Waals surface area contributed by atoms with Crippen molar-refractivity contribution in [2.45, 2.75) is 0 Å². The van der Waals surface area contributed by atoms with Gasteiger partial charge in [-0.15, -0.1) is 0 Å². The van der Waals surface area contributed by atoms with Crippen LogP contribution in [0.3, 0.4) is 0 Å². The van der Waals surface area contributed by atoms with Gasteiger partial charge in [0.25, 0.3) is 11.8 Å². The van der Waals surface area contributed by atoms with Crippen LogP contribution in [0.5, 0.6) is 11.5 Å². The van der Waals surface area contributed by atoms with Crippen LogP contribution < -0.4 is 25.4 Å². The van der Waals surface area contributed by atoms with Gasteiger partial charge in [0, 0.05) is 5.69 Å². The van der Waals surface area contributed by atoms with Crippen LogP contribution >= 0.6 is 0 Å². The highest BCUT2D eigenvalue weighted by molar-refractivity contribution is 6.14. The maximum absolute atomic E-state index is 12.9. The fourth-order valence-corrected chi connectivity index (χ4v) is 2.42. The number of benzene rings is 2. The van der Waals surface area contributed by atoms with Crippen molar-refractivity contribution < 1.29 is 28.2 Å². The fourth-order valence-electron chi connectivity index (χ4n) is 2.42. The van der Waals surface area contributed by atoms with E-state index < -0.39 is 23.7 Å². The van der Waals surface area contributed by atoms with Gasteiger partial charge >= 0.3 is 6.03 Å². The standard InChI is InChI=1S/C19H16FN3O5/c1-27-16-9-11(8-14-18(25)23-19(26)22-14)2-7-15(16)28-10-17(24)21-13-5-3-12(20)4-6-13/h2-9H,10H2,1H3,(H,21,24)(H2,22,23,25,26)/b14-8+. The lowest BCUT2D eigenvalue weighted by atomic mass is 10.1. The summed E-state index contributed by atoms with van der Waals surface area (Å²) in [5, 5.41) is 7.07. The first kappa shape index (κ1) is 18.9. The molecule has 8 nitrogen and oxygen atoms in total. The molecule has 0 radical (unpaired) electrons. The van der Waals surface area contributed by atoms with Gasteiger partial charge in [-0.3, -0.25) is 14.9 Å². The fraction of sp³-hybridized carbons (Fsp3) is 0.105. The van der Waals surface area contributed by atoms with Crippen LogP contribution in [0.1, 0.15) is 5.56 Å². The SMILES string of the molecule is COc1cc(/C=C2/NC(=O)NC2=O)ccc1OCC(=O)Nc1ccc(F)cc1. The predicted octanol–water partition coefficient (Wildman–Crippen LogP) is 2.03. The predicted molar refractivity (Wildman–Crippen MR) is 98.2 cm³/mol.